The molecule has 3 nitrogen and oxygen atoms in total. The molecule has 6 aliphatic rings. The van der Waals surface area contributed by atoms with Gasteiger partial charge in [0, 0.05) is 12.3 Å². The topological polar surface area (TPSA) is 38.7 Å². The first-order valence-corrected chi connectivity index (χ1v) is 13.3. The van der Waals surface area contributed by atoms with E-state index < -0.39 is 0 Å². The summed E-state index contributed by atoms with van der Waals surface area (Å²) in [6, 6.07) is 0. The minimum atomic E-state index is -0.282. The molecule has 0 bridgehead atoms. The third-order valence-electron chi connectivity index (χ3n) is 11.9. The van der Waals surface area contributed by atoms with E-state index in [0.717, 1.165) is 49.5 Å². The van der Waals surface area contributed by atoms with E-state index in [1.807, 2.05) is 0 Å². The van der Waals surface area contributed by atoms with Gasteiger partial charge in [-0.3, -0.25) is 0 Å². The van der Waals surface area contributed by atoms with Crippen LogP contribution in [0.2, 0.25) is 0 Å². The molecule has 0 aromatic carbocycles. The third kappa shape index (κ3) is 2.61. The maximum atomic E-state index is 10.3. The normalized spacial score (nSPS) is 62.5. The van der Waals surface area contributed by atoms with Crippen LogP contribution in [0.25, 0.3) is 0 Å². The summed E-state index contributed by atoms with van der Waals surface area (Å²) in [6.07, 6.45) is 12.9. The SMILES string of the molecule is C[C@@H]1CC[C@@]2(OC1)O[C@@H]1C[C@@H]3[C@@H]4CC[C@H]5C[C@@H](O)CC[C@]5(C)[C@H]4CC[C@]3(C)[C@H]1[C@@H]2C. The summed E-state index contributed by atoms with van der Waals surface area (Å²) in [5.74, 6) is 4.93. The standard InChI is InChI=1S/C27H44O3/c1-16-7-12-27(29-15-16)17(2)24-23(30-27)14-22-20-6-5-18-13-19(28)8-10-25(18,3)21(20)9-11-26(22,24)4/h16-24,28H,5-15H2,1-4H3/t16-,17+,18+,19+,20-,21+,22-,23-,24+,25+,26+,27-/m1/s1. The minimum Gasteiger partial charge on any atom is -0.393 e. The Morgan fingerprint density at radius 3 is 2.40 bits per heavy atom. The van der Waals surface area contributed by atoms with Crippen molar-refractivity contribution < 1.29 is 14.6 Å². The van der Waals surface area contributed by atoms with Crippen LogP contribution in [0.4, 0.5) is 0 Å². The van der Waals surface area contributed by atoms with Crippen molar-refractivity contribution in [2.75, 3.05) is 6.61 Å². The van der Waals surface area contributed by atoms with Crippen molar-refractivity contribution in [3.05, 3.63) is 0 Å². The molecule has 0 unspecified atom stereocenters. The fraction of sp³-hybridized carbons (Fsp3) is 1.00. The fourth-order valence-electron chi connectivity index (χ4n) is 10.3. The summed E-state index contributed by atoms with van der Waals surface area (Å²) in [5, 5.41) is 10.3. The highest BCUT2D eigenvalue weighted by Crippen LogP contribution is 2.71. The number of fused-ring (bicyclic) bond motifs is 7. The Kier molecular flexibility index (Phi) is 4.58. The molecule has 0 aromatic rings. The Bertz CT molecular complexity index is 684. The number of hydrogen-bond donors (Lipinski definition) is 1. The number of rotatable bonds is 0. The van der Waals surface area contributed by atoms with Crippen LogP contribution in [0.3, 0.4) is 0 Å². The lowest BCUT2D eigenvalue weighted by atomic mass is 9.44. The van der Waals surface area contributed by atoms with Crippen molar-refractivity contribution in [2.24, 2.45) is 52.3 Å². The van der Waals surface area contributed by atoms with Gasteiger partial charge in [0.05, 0.1) is 18.8 Å². The Hall–Kier alpha value is -0.120. The Morgan fingerprint density at radius 2 is 1.63 bits per heavy atom. The van der Waals surface area contributed by atoms with E-state index in [2.05, 4.69) is 27.7 Å². The van der Waals surface area contributed by atoms with Crippen LogP contribution in [-0.4, -0.2) is 29.7 Å². The lowest BCUT2D eigenvalue weighted by molar-refractivity contribution is -0.273. The number of aliphatic hydroxyl groups is 1. The van der Waals surface area contributed by atoms with Gasteiger partial charge >= 0.3 is 0 Å². The van der Waals surface area contributed by atoms with Crippen LogP contribution < -0.4 is 0 Å². The smallest absolute Gasteiger partial charge is 0.171 e. The van der Waals surface area contributed by atoms with E-state index in [0.29, 0.717) is 34.7 Å². The highest BCUT2D eigenvalue weighted by molar-refractivity contribution is 5.15. The minimum absolute atomic E-state index is 0.0389. The van der Waals surface area contributed by atoms with E-state index in [4.69, 9.17) is 9.47 Å². The van der Waals surface area contributed by atoms with Crippen LogP contribution in [0.15, 0.2) is 0 Å². The fourth-order valence-corrected chi connectivity index (χ4v) is 10.3. The monoisotopic (exact) mass is 416 g/mol. The molecule has 170 valence electrons. The Balaban J connectivity index is 1.26. The largest absolute Gasteiger partial charge is 0.393 e. The number of aliphatic hydroxyl groups excluding tert-OH is 1. The van der Waals surface area contributed by atoms with Gasteiger partial charge < -0.3 is 14.6 Å². The van der Waals surface area contributed by atoms with Crippen molar-refractivity contribution in [2.45, 2.75) is 110 Å². The number of hydrogen-bond acceptors (Lipinski definition) is 3. The molecule has 0 radical (unpaired) electrons. The predicted octanol–water partition coefficient (Wildman–Crippen LogP) is 5.79. The number of ether oxygens (including phenoxy) is 2. The summed E-state index contributed by atoms with van der Waals surface area (Å²) < 4.78 is 13.4. The van der Waals surface area contributed by atoms with E-state index in [1.54, 1.807) is 0 Å². The summed E-state index contributed by atoms with van der Waals surface area (Å²) >= 11 is 0. The highest BCUT2D eigenvalue weighted by Gasteiger charge is 2.69. The molecule has 2 aliphatic heterocycles. The quantitative estimate of drug-likeness (QED) is 0.543. The molecule has 30 heavy (non-hydrogen) atoms. The first kappa shape index (κ1) is 20.5. The van der Waals surface area contributed by atoms with Gasteiger partial charge in [-0.2, -0.15) is 0 Å². The highest BCUT2D eigenvalue weighted by atomic mass is 16.7. The zero-order valence-corrected chi connectivity index (χ0v) is 19.7. The molecule has 1 spiro atoms. The maximum absolute atomic E-state index is 10.3. The third-order valence-corrected chi connectivity index (χ3v) is 11.9. The summed E-state index contributed by atoms with van der Waals surface area (Å²) in [5.41, 5.74) is 0.899. The van der Waals surface area contributed by atoms with E-state index in [1.165, 1.54) is 44.9 Å². The molecular formula is C27H44O3. The van der Waals surface area contributed by atoms with E-state index in [-0.39, 0.29) is 11.9 Å². The molecule has 2 saturated heterocycles. The average molecular weight is 417 g/mol. The second-order valence-corrected chi connectivity index (χ2v) is 13.1. The van der Waals surface area contributed by atoms with Crippen LogP contribution in [0.1, 0.15) is 91.9 Å². The van der Waals surface area contributed by atoms with Crippen LogP contribution in [0.5, 0.6) is 0 Å². The molecule has 6 fully saturated rings. The second-order valence-electron chi connectivity index (χ2n) is 13.1. The summed E-state index contributed by atoms with van der Waals surface area (Å²) in [6.45, 7) is 10.9. The van der Waals surface area contributed by atoms with Gasteiger partial charge in [-0.1, -0.05) is 27.7 Å². The molecule has 3 heteroatoms. The Morgan fingerprint density at radius 1 is 0.833 bits per heavy atom. The Labute approximate surface area is 183 Å². The first-order valence-electron chi connectivity index (χ1n) is 13.3. The molecule has 0 aromatic heterocycles. The van der Waals surface area contributed by atoms with Gasteiger partial charge in [-0.05, 0) is 104 Å². The van der Waals surface area contributed by atoms with Crippen LogP contribution >= 0.6 is 0 Å². The molecule has 2 heterocycles. The molecule has 4 saturated carbocycles. The predicted molar refractivity (Wildman–Crippen MR) is 118 cm³/mol. The van der Waals surface area contributed by atoms with E-state index in [9.17, 15) is 5.11 Å². The second kappa shape index (κ2) is 6.70. The van der Waals surface area contributed by atoms with Crippen molar-refractivity contribution in [1.29, 1.82) is 0 Å². The average Bonchev–Trinajstić information content (AvgIpc) is 3.16. The zero-order valence-electron chi connectivity index (χ0n) is 19.7. The van der Waals surface area contributed by atoms with Gasteiger partial charge in [-0.25, -0.2) is 0 Å². The van der Waals surface area contributed by atoms with Gasteiger partial charge in [-0.15, -0.1) is 0 Å². The van der Waals surface area contributed by atoms with Gasteiger partial charge in [0.2, 0.25) is 0 Å². The van der Waals surface area contributed by atoms with Gasteiger partial charge in [0.25, 0.3) is 0 Å². The van der Waals surface area contributed by atoms with Gasteiger partial charge in [0.15, 0.2) is 5.79 Å². The first-order chi connectivity index (χ1) is 14.3. The molecular weight excluding hydrogens is 372 g/mol. The molecule has 4 aliphatic carbocycles. The maximum Gasteiger partial charge on any atom is 0.171 e. The van der Waals surface area contributed by atoms with Crippen molar-refractivity contribution >= 4 is 0 Å². The molecule has 1 N–H and O–H groups in total. The van der Waals surface area contributed by atoms with Crippen LogP contribution in [-0.2, 0) is 9.47 Å². The zero-order chi connectivity index (χ0) is 20.9. The van der Waals surface area contributed by atoms with E-state index >= 15 is 0 Å². The summed E-state index contributed by atoms with van der Waals surface area (Å²) in [4.78, 5) is 0. The van der Waals surface area contributed by atoms with Crippen molar-refractivity contribution in [1.82, 2.24) is 0 Å². The molecule has 0 amide bonds. The molecule has 12 atom stereocenters. The lowest BCUT2D eigenvalue weighted by Gasteiger charge is -2.61. The van der Waals surface area contributed by atoms with Gasteiger partial charge in [0.1, 0.15) is 0 Å². The van der Waals surface area contributed by atoms with Crippen molar-refractivity contribution in [3.8, 4) is 0 Å². The lowest BCUT2D eigenvalue weighted by Crippen LogP contribution is -2.55. The summed E-state index contributed by atoms with van der Waals surface area (Å²) in [7, 11) is 0. The van der Waals surface area contributed by atoms with Crippen molar-refractivity contribution in [3.63, 3.8) is 0 Å². The van der Waals surface area contributed by atoms with Crippen LogP contribution in [0, 0.1) is 52.3 Å². The molecule has 6 rings (SSSR count).